The van der Waals surface area contributed by atoms with E-state index in [2.05, 4.69) is 17.6 Å². The Morgan fingerprint density at radius 3 is 2.19 bits per heavy atom. The van der Waals surface area contributed by atoms with Gasteiger partial charge in [-0.2, -0.15) is 0 Å². The number of benzene rings is 3. The highest BCUT2D eigenvalue weighted by molar-refractivity contribution is 6.54. The first-order valence-corrected chi connectivity index (χ1v) is 12.4. The number of carbonyl (C=O) groups excluding carboxylic acids is 3. The predicted molar refractivity (Wildman–Crippen MR) is 145 cm³/mol. The lowest BCUT2D eigenvalue weighted by Crippen LogP contribution is -2.32. The van der Waals surface area contributed by atoms with Gasteiger partial charge in [-0.25, -0.2) is 4.90 Å². The van der Waals surface area contributed by atoms with Crippen LogP contribution in [0, 0.1) is 0 Å². The number of amides is 3. The van der Waals surface area contributed by atoms with E-state index in [1.165, 1.54) is 11.6 Å². The summed E-state index contributed by atoms with van der Waals surface area (Å²) in [5.41, 5.74) is 2.87. The number of nitrogens with zero attached hydrogens (tertiary/aromatic N) is 1. The van der Waals surface area contributed by atoms with E-state index in [4.69, 9.17) is 34.8 Å². The van der Waals surface area contributed by atoms with Crippen molar-refractivity contribution in [1.29, 1.82) is 0 Å². The molecular formula is C27H22Cl3N3O3. The van der Waals surface area contributed by atoms with Gasteiger partial charge in [0.15, 0.2) is 0 Å². The Morgan fingerprint density at radius 1 is 0.861 bits per heavy atom. The van der Waals surface area contributed by atoms with Gasteiger partial charge >= 0.3 is 0 Å². The number of imide groups is 1. The van der Waals surface area contributed by atoms with Gasteiger partial charge < -0.3 is 10.6 Å². The molecule has 0 spiro atoms. The lowest BCUT2D eigenvalue weighted by atomic mass is 10.1. The highest BCUT2D eigenvalue weighted by Crippen LogP contribution is 2.37. The smallest absolute Gasteiger partial charge is 0.283 e. The van der Waals surface area contributed by atoms with E-state index < -0.39 is 11.8 Å². The fourth-order valence-electron chi connectivity index (χ4n) is 3.68. The van der Waals surface area contributed by atoms with Crippen LogP contribution in [-0.4, -0.2) is 17.7 Å². The molecule has 1 aliphatic heterocycles. The Morgan fingerprint density at radius 2 is 1.53 bits per heavy atom. The van der Waals surface area contributed by atoms with Crippen LogP contribution in [0.15, 0.2) is 77.5 Å². The van der Waals surface area contributed by atoms with Gasteiger partial charge in [-0.05, 0) is 66.9 Å². The van der Waals surface area contributed by atoms with Gasteiger partial charge in [-0.15, -0.1) is 0 Å². The molecule has 0 unspecified atom stereocenters. The van der Waals surface area contributed by atoms with Crippen molar-refractivity contribution in [3.8, 4) is 0 Å². The van der Waals surface area contributed by atoms with Crippen molar-refractivity contribution in [2.75, 3.05) is 15.5 Å². The topological polar surface area (TPSA) is 78.5 Å². The first-order chi connectivity index (χ1) is 17.3. The summed E-state index contributed by atoms with van der Waals surface area (Å²) in [7, 11) is 0. The fourth-order valence-corrected chi connectivity index (χ4v) is 4.28. The normalized spacial score (nSPS) is 13.4. The van der Waals surface area contributed by atoms with E-state index in [1.807, 2.05) is 24.3 Å². The number of carbonyl (C=O) groups is 3. The Labute approximate surface area is 223 Å². The second-order valence-corrected chi connectivity index (χ2v) is 9.33. The fraction of sp³-hybridized carbons (Fsp3) is 0.148. The Bertz CT molecular complexity index is 1350. The maximum atomic E-state index is 13.0. The second kappa shape index (κ2) is 11.2. The second-order valence-electron chi connectivity index (χ2n) is 8.16. The van der Waals surface area contributed by atoms with Crippen LogP contribution in [-0.2, 0) is 16.0 Å². The number of nitrogens with one attached hydrogen (secondary N) is 2. The summed E-state index contributed by atoms with van der Waals surface area (Å²) in [6, 6.07) is 18.9. The number of anilines is 3. The van der Waals surface area contributed by atoms with Crippen LogP contribution >= 0.6 is 34.8 Å². The first kappa shape index (κ1) is 25.8. The van der Waals surface area contributed by atoms with Crippen LogP contribution in [0.2, 0.25) is 10.0 Å². The molecule has 0 aromatic heterocycles. The monoisotopic (exact) mass is 541 g/mol. The van der Waals surface area contributed by atoms with Crippen molar-refractivity contribution >= 4 is 69.6 Å². The Kier molecular flexibility index (Phi) is 7.99. The van der Waals surface area contributed by atoms with Gasteiger partial charge in [0, 0.05) is 16.9 Å². The van der Waals surface area contributed by atoms with Crippen molar-refractivity contribution in [1.82, 2.24) is 0 Å². The number of halogens is 3. The highest BCUT2D eigenvalue weighted by Gasteiger charge is 2.40. The molecule has 1 aliphatic rings. The summed E-state index contributed by atoms with van der Waals surface area (Å²) in [5, 5.41) is 5.73. The van der Waals surface area contributed by atoms with Gasteiger partial charge in [0.1, 0.15) is 10.7 Å². The summed E-state index contributed by atoms with van der Waals surface area (Å²) < 4.78 is 0. The minimum Gasteiger partial charge on any atom is -0.350 e. The van der Waals surface area contributed by atoms with E-state index in [1.54, 1.807) is 36.4 Å². The Balaban J connectivity index is 1.44. The Hall–Kier alpha value is -3.32. The third kappa shape index (κ3) is 5.41. The molecule has 3 aromatic carbocycles. The molecule has 3 aromatic rings. The standard InChI is InChI=1S/C27H22Cl3N3O3/c1-2-3-5-16-8-12-19(13-9-16)32-25(34)17-10-14-18(15-11-17)31-24-23(30)26(35)33(27(24)36)21-7-4-6-20(28)22(21)29/h4,6-15,31H,2-3,5H2,1H3,(H,32,34). The molecule has 0 bridgehead atoms. The summed E-state index contributed by atoms with van der Waals surface area (Å²) in [6.45, 7) is 2.15. The first-order valence-electron chi connectivity index (χ1n) is 11.3. The van der Waals surface area contributed by atoms with Crippen molar-refractivity contribution in [2.45, 2.75) is 26.2 Å². The van der Waals surface area contributed by atoms with Crippen molar-refractivity contribution in [3.05, 3.63) is 98.6 Å². The molecule has 0 saturated carbocycles. The van der Waals surface area contributed by atoms with Gasteiger partial charge in [0.2, 0.25) is 0 Å². The summed E-state index contributed by atoms with van der Waals surface area (Å²) in [6.07, 6.45) is 3.27. The minimum absolute atomic E-state index is 0.0672. The van der Waals surface area contributed by atoms with Crippen LogP contribution in [0.5, 0.6) is 0 Å². The van der Waals surface area contributed by atoms with Crippen LogP contribution in [0.25, 0.3) is 0 Å². The molecule has 0 aliphatic carbocycles. The molecule has 36 heavy (non-hydrogen) atoms. The van der Waals surface area contributed by atoms with Crippen molar-refractivity contribution in [3.63, 3.8) is 0 Å². The molecule has 3 amide bonds. The number of hydrogen-bond acceptors (Lipinski definition) is 4. The quantitative estimate of drug-likeness (QED) is 0.300. The molecule has 0 atom stereocenters. The molecule has 2 N–H and O–H groups in total. The van der Waals surface area contributed by atoms with Gasteiger partial charge in [0.25, 0.3) is 17.7 Å². The molecule has 184 valence electrons. The van der Waals surface area contributed by atoms with E-state index in [0.717, 1.165) is 24.2 Å². The third-order valence-corrected chi connectivity index (χ3v) is 6.81. The zero-order chi connectivity index (χ0) is 25.8. The van der Waals surface area contributed by atoms with Crippen molar-refractivity contribution in [2.24, 2.45) is 0 Å². The number of rotatable bonds is 8. The predicted octanol–water partition coefficient (Wildman–Crippen LogP) is 7.02. The van der Waals surface area contributed by atoms with E-state index in [9.17, 15) is 14.4 Å². The zero-order valence-electron chi connectivity index (χ0n) is 19.3. The van der Waals surface area contributed by atoms with E-state index in [0.29, 0.717) is 16.9 Å². The molecule has 0 saturated heterocycles. The van der Waals surface area contributed by atoms with Gasteiger partial charge in [-0.1, -0.05) is 66.3 Å². The summed E-state index contributed by atoms with van der Waals surface area (Å²) in [4.78, 5) is 39.2. The average molecular weight is 543 g/mol. The highest BCUT2D eigenvalue weighted by atomic mass is 35.5. The van der Waals surface area contributed by atoms with E-state index in [-0.39, 0.29) is 32.4 Å². The van der Waals surface area contributed by atoms with Crippen LogP contribution in [0.4, 0.5) is 17.1 Å². The molecule has 0 radical (unpaired) electrons. The molecule has 6 nitrogen and oxygen atoms in total. The summed E-state index contributed by atoms with van der Waals surface area (Å²) in [5.74, 6) is -1.66. The number of unbranched alkanes of at least 4 members (excludes halogenated alkanes) is 1. The lowest BCUT2D eigenvalue weighted by molar-refractivity contribution is -0.120. The number of hydrogen-bond donors (Lipinski definition) is 2. The summed E-state index contributed by atoms with van der Waals surface area (Å²) >= 11 is 18.4. The third-order valence-electron chi connectivity index (χ3n) is 5.65. The number of aryl methyl sites for hydroxylation is 1. The maximum absolute atomic E-state index is 13.0. The molecule has 4 rings (SSSR count). The van der Waals surface area contributed by atoms with E-state index >= 15 is 0 Å². The SMILES string of the molecule is CCCCc1ccc(NC(=O)c2ccc(NC3=C(Cl)C(=O)N(c4cccc(Cl)c4Cl)C3=O)cc2)cc1. The average Bonchev–Trinajstić information content (AvgIpc) is 3.08. The lowest BCUT2D eigenvalue weighted by Gasteiger charge is -2.17. The zero-order valence-corrected chi connectivity index (χ0v) is 21.5. The largest absolute Gasteiger partial charge is 0.350 e. The minimum atomic E-state index is -0.718. The van der Waals surface area contributed by atoms with Crippen LogP contribution < -0.4 is 15.5 Å². The van der Waals surface area contributed by atoms with Crippen LogP contribution in [0.1, 0.15) is 35.7 Å². The molecule has 1 heterocycles. The molecule has 9 heteroatoms. The van der Waals surface area contributed by atoms with Gasteiger partial charge in [-0.3, -0.25) is 14.4 Å². The molecular weight excluding hydrogens is 521 g/mol. The van der Waals surface area contributed by atoms with Crippen molar-refractivity contribution < 1.29 is 14.4 Å². The van der Waals surface area contributed by atoms with Crippen LogP contribution in [0.3, 0.4) is 0 Å². The molecule has 0 fully saturated rings. The van der Waals surface area contributed by atoms with Gasteiger partial charge in [0.05, 0.1) is 15.7 Å². The maximum Gasteiger partial charge on any atom is 0.283 e.